The quantitative estimate of drug-likeness (QED) is 0.199. The summed E-state index contributed by atoms with van der Waals surface area (Å²) in [7, 11) is 0. The van der Waals surface area contributed by atoms with Crippen molar-refractivity contribution in [3.8, 4) is 0 Å². The first-order chi connectivity index (χ1) is 18.6. The number of epoxide rings is 1. The van der Waals surface area contributed by atoms with Gasteiger partial charge in [0.15, 0.2) is 6.23 Å². The molecule has 4 aliphatic rings. The smallest absolute Gasteiger partial charge is 0.324 e. The molecule has 0 spiro atoms. The molecule has 1 amide bonds. The van der Waals surface area contributed by atoms with Crippen molar-refractivity contribution in [2.75, 3.05) is 26.2 Å². The molecule has 3 atom stereocenters. The van der Waals surface area contributed by atoms with E-state index in [1.54, 1.807) is 11.0 Å². The molecule has 39 heavy (non-hydrogen) atoms. The Bertz CT molecular complexity index is 1180. The molecular formula is C27H34F4N6O2. The van der Waals surface area contributed by atoms with Gasteiger partial charge in [0.05, 0.1) is 6.54 Å². The second-order valence-corrected chi connectivity index (χ2v) is 10.5. The lowest BCUT2D eigenvalue weighted by atomic mass is 9.93. The predicted octanol–water partition coefficient (Wildman–Crippen LogP) is 2.00. The van der Waals surface area contributed by atoms with Gasteiger partial charge < -0.3 is 37.1 Å². The summed E-state index contributed by atoms with van der Waals surface area (Å²) in [5.41, 5.74) is 14.5. The Kier molecular flexibility index (Phi) is 7.62. The van der Waals surface area contributed by atoms with Crippen LogP contribution in [0.3, 0.4) is 0 Å². The number of carbonyl (C=O) groups excluding carboxylic acids is 1. The fourth-order valence-corrected chi connectivity index (χ4v) is 5.14. The highest BCUT2D eigenvalue weighted by Gasteiger charge is 2.53. The highest BCUT2D eigenvalue weighted by atomic mass is 19.3. The molecule has 1 aromatic carbocycles. The van der Waals surface area contributed by atoms with Gasteiger partial charge in [0.1, 0.15) is 17.5 Å². The molecule has 1 aromatic rings. The van der Waals surface area contributed by atoms with Gasteiger partial charge >= 0.3 is 12.3 Å². The number of benzene rings is 1. The number of nitrogens with one attached hydrogen (secondary N) is 3. The largest absolute Gasteiger partial charge is 0.384 e. The van der Waals surface area contributed by atoms with E-state index in [4.69, 9.17) is 16.2 Å². The average Bonchev–Trinajstić information content (AvgIpc) is 3.84. The lowest BCUT2D eigenvalue weighted by molar-refractivity contribution is -0.131. The topological polar surface area (TPSA) is 121 Å². The molecule has 0 aromatic heterocycles. The molecule has 3 unspecified atom stereocenters. The van der Waals surface area contributed by atoms with Gasteiger partial charge in [-0.15, -0.1) is 0 Å². The maximum absolute atomic E-state index is 13.2. The van der Waals surface area contributed by atoms with Gasteiger partial charge in [-0.3, -0.25) is 4.79 Å². The number of nitrogens with two attached hydrogens (primary N) is 2. The number of alkyl halides is 4. The van der Waals surface area contributed by atoms with Crippen LogP contribution in [-0.4, -0.2) is 67.2 Å². The molecular weight excluding hydrogens is 516 g/mol. The van der Waals surface area contributed by atoms with Crippen LogP contribution >= 0.6 is 0 Å². The van der Waals surface area contributed by atoms with Crippen molar-refractivity contribution in [1.82, 2.24) is 20.9 Å². The second-order valence-electron chi connectivity index (χ2n) is 10.5. The van der Waals surface area contributed by atoms with Crippen molar-refractivity contribution in [3.63, 3.8) is 0 Å². The van der Waals surface area contributed by atoms with Crippen LogP contribution in [0.15, 0.2) is 54.1 Å². The van der Waals surface area contributed by atoms with Crippen molar-refractivity contribution in [2.24, 2.45) is 17.4 Å². The highest BCUT2D eigenvalue weighted by molar-refractivity contribution is 5.91. The Labute approximate surface area is 224 Å². The van der Waals surface area contributed by atoms with E-state index < -0.39 is 24.4 Å². The zero-order valence-corrected chi connectivity index (χ0v) is 21.4. The maximum Gasteiger partial charge on any atom is 0.324 e. The highest BCUT2D eigenvalue weighted by Crippen LogP contribution is 2.44. The third kappa shape index (κ3) is 6.07. The summed E-state index contributed by atoms with van der Waals surface area (Å²) >= 11 is 0. The molecule has 3 heterocycles. The van der Waals surface area contributed by atoms with Gasteiger partial charge in [-0.2, -0.15) is 8.78 Å². The van der Waals surface area contributed by atoms with Crippen LogP contribution in [0.5, 0.6) is 0 Å². The van der Waals surface area contributed by atoms with Crippen LogP contribution in [0.2, 0.25) is 0 Å². The first-order valence-electron chi connectivity index (χ1n) is 13.2. The van der Waals surface area contributed by atoms with Crippen molar-refractivity contribution >= 4 is 11.5 Å². The average molecular weight is 551 g/mol. The molecule has 1 aliphatic carbocycles. The number of rotatable bonds is 12. The summed E-state index contributed by atoms with van der Waals surface area (Å²) < 4.78 is 56.9. The van der Waals surface area contributed by atoms with Crippen molar-refractivity contribution in [2.45, 2.75) is 55.9 Å². The summed E-state index contributed by atoms with van der Waals surface area (Å²) in [6.45, 7) is 0.0486. The molecule has 12 heteroatoms. The number of carbonyl (C=O) groups is 1. The van der Waals surface area contributed by atoms with Crippen molar-refractivity contribution in [3.05, 3.63) is 65.3 Å². The van der Waals surface area contributed by atoms with E-state index in [1.807, 2.05) is 30.4 Å². The number of hydrogen-bond acceptors (Lipinski definition) is 7. The van der Waals surface area contributed by atoms with Gasteiger partial charge in [-0.05, 0) is 48.0 Å². The molecule has 5 rings (SSSR count). The minimum Gasteiger partial charge on any atom is -0.384 e. The van der Waals surface area contributed by atoms with E-state index >= 15 is 0 Å². The van der Waals surface area contributed by atoms with Crippen LogP contribution < -0.4 is 27.4 Å². The fourth-order valence-electron chi connectivity index (χ4n) is 5.14. The van der Waals surface area contributed by atoms with E-state index in [2.05, 4.69) is 16.0 Å². The van der Waals surface area contributed by atoms with Crippen LogP contribution in [0.1, 0.15) is 30.4 Å². The lowest BCUT2D eigenvalue weighted by Gasteiger charge is -2.26. The summed E-state index contributed by atoms with van der Waals surface area (Å²) in [6, 6.07) is 7.40. The van der Waals surface area contributed by atoms with E-state index in [-0.39, 0.29) is 24.8 Å². The Morgan fingerprint density at radius 3 is 2.85 bits per heavy atom. The monoisotopic (exact) mass is 550 g/mol. The molecule has 0 bridgehead atoms. The van der Waals surface area contributed by atoms with Gasteiger partial charge in [-0.1, -0.05) is 24.3 Å². The van der Waals surface area contributed by atoms with Crippen molar-refractivity contribution in [1.29, 1.82) is 0 Å². The molecule has 212 valence electrons. The van der Waals surface area contributed by atoms with Crippen LogP contribution in [0.25, 0.3) is 5.57 Å². The van der Waals surface area contributed by atoms with Crippen LogP contribution in [-0.2, 0) is 16.0 Å². The summed E-state index contributed by atoms with van der Waals surface area (Å²) in [4.78, 5) is 14.8. The minimum atomic E-state index is -4.13. The fraction of sp³-hybridized carbons (Fsp3) is 0.519. The number of hydrogen-bond donors (Lipinski definition) is 5. The molecule has 8 nitrogen and oxygen atoms in total. The molecule has 0 radical (unpaired) electrons. The third-order valence-corrected chi connectivity index (χ3v) is 7.67. The first kappa shape index (κ1) is 27.5. The van der Waals surface area contributed by atoms with Crippen LogP contribution in [0, 0.1) is 5.92 Å². The SMILES string of the molecule is NC/C(=C\NCC(F)(F)C(F)F)c1cccc(CC2OC2NC2=CC(N3CCC(N)(C4CC4)C3=O)=CCN2)c1. The number of dihydropyridines is 1. The number of allylic oxidation sites excluding steroid dienone is 1. The second kappa shape index (κ2) is 10.8. The zero-order valence-electron chi connectivity index (χ0n) is 21.4. The van der Waals surface area contributed by atoms with E-state index in [9.17, 15) is 22.4 Å². The Hall–Kier alpha value is -3.09. The van der Waals surface area contributed by atoms with E-state index in [0.29, 0.717) is 43.0 Å². The van der Waals surface area contributed by atoms with Crippen LogP contribution in [0.4, 0.5) is 17.6 Å². The van der Waals surface area contributed by atoms with Gasteiger partial charge in [0.25, 0.3) is 0 Å². The van der Waals surface area contributed by atoms with Gasteiger partial charge in [0.2, 0.25) is 5.91 Å². The summed E-state index contributed by atoms with van der Waals surface area (Å²) in [5, 5.41) is 8.86. The van der Waals surface area contributed by atoms with Gasteiger partial charge in [-0.25, -0.2) is 8.78 Å². The normalized spacial score (nSPS) is 27.3. The summed E-state index contributed by atoms with van der Waals surface area (Å²) in [6.07, 6.45) is 4.38. The number of nitrogens with zero attached hydrogens (tertiary/aromatic N) is 1. The zero-order chi connectivity index (χ0) is 27.8. The Morgan fingerprint density at radius 2 is 2.13 bits per heavy atom. The number of halogens is 4. The standard InChI is InChI=1S/C27H34F4N6O2/c28-24(29)27(30,31)15-34-14-18(13-32)17-3-1-2-16(10-17)11-21-23(39-21)36-22-12-20(6-8-35-22)37-9-7-26(33,25(37)38)19-4-5-19/h1-3,6,10,12,14,19,21,23-24,34-36H,4-5,7-9,11,13,15,32-33H2/b18-14+. The minimum absolute atomic E-state index is 0.00184. The molecule has 7 N–H and O–H groups in total. The number of ether oxygens (including phenoxy) is 1. The molecule has 2 saturated heterocycles. The van der Waals surface area contributed by atoms with E-state index in [1.165, 1.54) is 6.20 Å². The molecule has 1 saturated carbocycles. The Morgan fingerprint density at radius 1 is 1.33 bits per heavy atom. The third-order valence-electron chi connectivity index (χ3n) is 7.67. The maximum atomic E-state index is 13.2. The van der Waals surface area contributed by atoms with Crippen molar-refractivity contribution < 1.29 is 27.1 Å². The predicted molar refractivity (Wildman–Crippen MR) is 138 cm³/mol. The summed E-state index contributed by atoms with van der Waals surface area (Å²) in [5.74, 6) is -3.07. The lowest BCUT2D eigenvalue weighted by Crippen LogP contribution is -2.49. The number of amides is 1. The molecule has 3 fully saturated rings. The van der Waals surface area contributed by atoms with E-state index in [0.717, 1.165) is 29.9 Å². The van der Waals surface area contributed by atoms with Gasteiger partial charge in [0, 0.05) is 44.0 Å². The first-order valence-corrected chi connectivity index (χ1v) is 13.2. The molecule has 3 aliphatic heterocycles. The number of likely N-dealkylation sites (tertiary alicyclic amines) is 1. The Balaban J connectivity index is 1.15.